The van der Waals surface area contributed by atoms with Crippen LogP contribution in [0.1, 0.15) is 60.8 Å². The molecule has 0 heterocycles. The van der Waals surface area contributed by atoms with Gasteiger partial charge in [-0.1, -0.05) is 27.7 Å². The van der Waals surface area contributed by atoms with Crippen molar-refractivity contribution in [2.24, 2.45) is 11.3 Å². The summed E-state index contributed by atoms with van der Waals surface area (Å²) < 4.78 is 5.86. The molecule has 0 aliphatic rings. The highest BCUT2D eigenvalue weighted by atomic mass is 16.5. The van der Waals surface area contributed by atoms with Gasteiger partial charge in [-0.2, -0.15) is 0 Å². The molecule has 16 heavy (non-hydrogen) atoms. The minimum atomic E-state index is -0.256. The lowest BCUT2D eigenvalue weighted by molar-refractivity contribution is -0.116. The second-order valence-corrected chi connectivity index (χ2v) is 6.40. The Bertz CT molecular complexity index is 205. The van der Waals surface area contributed by atoms with Crippen LogP contribution in [0.4, 0.5) is 0 Å². The van der Waals surface area contributed by atoms with Gasteiger partial charge in [0.05, 0.1) is 5.60 Å². The molecule has 0 aromatic rings. The maximum absolute atomic E-state index is 10.7. The summed E-state index contributed by atoms with van der Waals surface area (Å²) in [7, 11) is 0. The van der Waals surface area contributed by atoms with Crippen LogP contribution in [-0.4, -0.2) is 18.5 Å². The lowest BCUT2D eigenvalue weighted by Crippen LogP contribution is -2.27. The third-order valence-electron chi connectivity index (χ3n) is 2.88. The Morgan fingerprint density at radius 2 is 1.69 bits per heavy atom. The van der Waals surface area contributed by atoms with E-state index in [4.69, 9.17) is 4.74 Å². The topological polar surface area (TPSA) is 26.3 Å². The molecule has 96 valence electrons. The van der Waals surface area contributed by atoms with Gasteiger partial charge in [0.1, 0.15) is 6.29 Å². The molecule has 0 aliphatic carbocycles. The molecule has 0 aliphatic heterocycles. The fraction of sp³-hybridized carbons (Fsp3) is 0.929. The van der Waals surface area contributed by atoms with E-state index in [9.17, 15) is 4.79 Å². The number of hydrogen-bond donors (Lipinski definition) is 0. The normalized spacial score (nSPS) is 13.2. The summed E-state index contributed by atoms with van der Waals surface area (Å²) in [5.41, 5.74) is -0.322. The Morgan fingerprint density at radius 1 is 1.12 bits per heavy atom. The summed E-state index contributed by atoms with van der Waals surface area (Å²) in [6, 6.07) is 0. The monoisotopic (exact) mass is 228 g/mol. The Kier molecular flexibility index (Phi) is 6.24. The van der Waals surface area contributed by atoms with Crippen LogP contribution in [0.3, 0.4) is 0 Å². The predicted octanol–water partition coefficient (Wildman–Crippen LogP) is 3.83. The van der Waals surface area contributed by atoms with Crippen LogP contribution in [0.25, 0.3) is 0 Å². The second-order valence-electron chi connectivity index (χ2n) is 6.40. The van der Waals surface area contributed by atoms with Gasteiger partial charge in [-0.25, -0.2) is 0 Å². The Morgan fingerprint density at radius 3 is 2.12 bits per heavy atom. The first kappa shape index (κ1) is 15.6. The molecule has 0 spiro atoms. The number of carbonyl (C=O) groups is 1. The van der Waals surface area contributed by atoms with Crippen molar-refractivity contribution in [3.8, 4) is 0 Å². The quantitative estimate of drug-likeness (QED) is 0.590. The molecule has 0 fully saturated rings. The van der Waals surface area contributed by atoms with Crippen LogP contribution in [0.15, 0.2) is 0 Å². The van der Waals surface area contributed by atoms with Crippen LogP contribution in [0, 0.1) is 11.3 Å². The van der Waals surface area contributed by atoms with Gasteiger partial charge >= 0.3 is 0 Å². The van der Waals surface area contributed by atoms with E-state index < -0.39 is 0 Å². The Balaban J connectivity index is 3.86. The van der Waals surface area contributed by atoms with E-state index in [-0.39, 0.29) is 11.0 Å². The van der Waals surface area contributed by atoms with Crippen molar-refractivity contribution < 1.29 is 9.53 Å². The summed E-state index contributed by atoms with van der Waals surface area (Å²) >= 11 is 0. The van der Waals surface area contributed by atoms with Gasteiger partial charge in [-0.05, 0) is 39.0 Å². The number of ether oxygens (including phenoxy) is 1. The van der Waals surface area contributed by atoms with Gasteiger partial charge in [0.15, 0.2) is 0 Å². The summed E-state index contributed by atoms with van der Waals surface area (Å²) in [5.74, 6) is 0.717. The van der Waals surface area contributed by atoms with Crippen molar-refractivity contribution in [3.63, 3.8) is 0 Å². The summed E-state index contributed by atoms with van der Waals surface area (Å²) in [6.07, 6.45) is 4.06. The van der Waals surface area contributed by atoms with E-state index >= 15 is 0 Å². The average Bonchev–Trinajstić information content (AvgIpc) is 2.14. The van der Waals surface area contributed by atoms with E-state index in [1.807, 2.05) is 13.8 Å². The fourth-order valence-electron chi connectivity index (χ4n) is 1.36. The minimum Gasteiger partial charge on any atom is -0.376 e. The molecule has 0 N–H and O–H groups in total. The molecule has 2 nitrogen and oxygen atoms in total. The Hall–Kier alpha value is -0.370. The summed E-state index contributed by atoms with van der Waals surface area (Å²) in [5, 5.41) is 0. The van der Waals surface area contributed by atoms with E-state index in [0.29, 0.717) is 12.5 Å². The predicted molar refractivity (Wildman–Crippen MR) is 68.6 cm³/mol. The molecule has 0 saturated carbocycles. The molecule has 0 unspecified atom stereocenters. The first-order valence-electron chi connectivity index (χ1n) is 6.29. The average molecular weight is 228 g/mol. The largest absolute Gasteiger partial charge is 0.376 e. The van der Waals surface area contributed by atoms with E-state index in [1.54, 1.807) is 0 Å². The zero-order valence-corrected chi connectivity index (χ0v) is 11.8. The lowest BCUT2D eigenvalue weighted by Gasteiger charge is -2.28. The molecule has 0 radical (unpaired) electrons. The minimum absolute atomic E-state index is 0.0662. The second kappa shape index (κ2) is 6.39. The molecule has 0 saturated heterocycles. The van der Waals surface area contributed by atoms with Crippen LogP contribution < -0.4 is 0 Å². The third-order valence-corrected chi connectivity index (χ3v) is 2.88. The number of hydrogen-bond acceptors (Lipinski definition) is 2. The highest BCUT2D eigenvalue weighted by Crippen LogP contribution is 2.23. The first-order valence-corrected chi connectivity index (χ1v) is 6.29. The van der Waals surface area contributed by atoms with Crippen molar-refractivity contribution in [2.45, 2.75) is 66.4 Å². The number of aldehydes is 1. The van der Waals surface area contributed by atoms with Gasteiger partial charge in [0.25, 0.3) is 0 Å². The van der Waals surface area contributed by atoms with E-state index in [1.165, 1.54) is 6.42 Å². The van der Waals surface area contributed by atoms with Crippen molar-refractivity contribution in [2.75, 3.05) is 6.61 Å². The SMILES string of the molecule is CC(C)CCC(C)(C)OCCC(C)(C)C=O. The molecule has 0 bridgehead atoms. The lowest BCUT2D eigenvalue weighted by atomic mass is 9.91. The molecule has 0 atom stereocenters. The first-order chi connectivity index (χ1) is 7.18. The zero-order valence-electron chi connectivity index (χ0n) is 11.8. The van der Waals surface area contributed by atoms with Gasteiger partial charge in [0.2, 0.25) is 0 Å². The van der Waals surface area contributed by atoms with Crippen LogP contribution in [0.5, 0.6) is 0 Å². The van der Waals surface area contributed by atoms with Gasteiger partial charge in [-0.3, -0.25) is 0 Å². The fourth-order valence-corrected chi connectivity index (χ4v) is 1.36. The summed E-state index contributed by atoms with van der Waals surface area (Å²) in [4.78, 5) is 10.7. The van der Waals surface area contributed by atoms with Gasteiger partial charge < -0.3 is 9.53 Å². The third kappa shape index (κ3) is 7.86. The van der Waals surface area contributed by atoms with Crippen LogP contribution >= 0.6 is 0 Å². The maximum atomic E-state index is 10.7. The smallest absolute Gasteiger partial charge is 0.125 e. The van der Waals surface area contributed by atoms with E-state index in [2.05, 4.69) is 27.7 Å². The Labute approximate surface area is 101 Å². The van der Waals surface area contributed by atoms with Crippen molar-refractivity contribution >= 4 is 6.29 Å². The zero-order chi connectivity index (χ0) is 12.8. The molecule has 0 aromatic carbocycles. The van der Waals surface area contributed by atoms with Crippen molar-refractivity contribution in [1.82, 2.24) is 0 Å². The molecular weight excluding hydrogens is 200 g/mol. The highest BCUT2D eigenvalue weighted by Gasteiger charge is 2.21. The van der Waals surface area contributed by atoms with Gasteiger partial charge in [0, 0.05) is 12.0 Å². The van der Waals surface area contributed by atoms with E-state index in [0.717, 1.165) is 19.1 Å². The van der Waals surface area contributed by atoms with Crippen LogP contribution in [0.2, 0.25) is 0 Å². The molecular formula is C14H28O2. The standard InChI is InChI=1S/C14H28O2/c1-12(2)7-8-14(5,6)16-10-9-13(3,4)11-15/h11-12H,7-10H2,1-6H3. The molecule has 0 rings (SSSR count). The van der Waals surface area contributed by atoms with Crippen LogP contribution in [-0.2, 0) is 9.53 Å². The molecule has 0 aromatic heterocycles. The molecule has 2 heteroatoms. The summed E-state index contributed by atoms with van der Waals surface area (Å²) in [6.45, 7) is 13.3. The van der Waals surface area contributed by atoms with Crippen molar-refractivity contribution in [1.29, 1.82) is 0 Å². The highest BCUT2D eigenvalue weighted by molar-refractivity contribution is 5.57. The van der Waals surface area contributed by atoms with Crippen molar-refractivity contribution in [3.05, 3.63) is 0 Å². The maximum Gasteiger partial charge on any atom is 0.125 e. The number of rotatable bonds is 8. The number of carbonyl (C=O) groups excluding carboxylic acids is 1. The molecule has 0 amide bonds. The van der Waals surface area contributed by atoms with Gasteiger partial charge in [-0.15, -0.1) is 0 Å².